The Labute approximate surface area is 173 Å². The van der Waals surface area contributed by atoms with E-state index in [2.05, 4.69) is 25.2 Å². The van der Waals surface area contributed by atoms with Gasteiger partial charge in [-0.25, -0.2) is 8.42 Å². The number of hydrogen-bond donors (Lipinski definition) is 1. The zero-order valence-corrected chi connectivity index (χ0v) is 18.9. The van der Waals surface area contributed by atoms with E-state index in [-0.39, 0.29) is 17.9 Å². The van der Waals surface area contributed by atoms with E-state index in [1.807, 2.05) is 19.9 Å². The number of rotatable bonds is 7. The van der Waals surface area contributed by atoms with Crippen LogP contribution in [-0.2, 0) is 10.0 Å². The van der Waals surface area contributed by atoms with Gasteiger partial charge in [0.05, 0.1) is 25.1 Å². The van der Waals surface area contributed by atoms with Gasteiger partial charge in [0.1, 0.15) is 5.75 Å². The molecule has 2 aromatic rings. The number of aryl methyl sites for hydroxylation is 1. The lowest BCUT2D eigenvalue weighted by Crippen LogP contribution is -2.28. The van der Waals surface area contributed by atoms with Gasteiger partial charge in [-0.15, -0.1) is 0 Å². The molecule has 1 atom stereocenters. The third-order valence-electron chi connectivity index (χ3n) is 5.02. The summed E-state index contributed by atoms with van der Waals surface area (Å²) in [5.74, 6) is 0.870. The maximum atomic E-state index is 12.8. The Hall–Kier alpha value is -2.54. The molecule has 0 saturated heterocycles. The molecule has 2 rings (SSSR count). The minimum absolute atomic E-state index is 0.220. The molecule has 0 aliphatic carbocycles. The first-order chi connectivity index (χ1) is 13.5. The van der Waals surface area contributed by atoms with Crippen LogP contribution in [-0.4, -0.2) is 34.7 Å². The Morgan fingerprint density at radius 2 is 1.76 bits per heavy atom. The van der Waals surface area contributed by atoms with E-state index in [0.717, 1.165) is 33.0 Å². The highest BCUT2D eigenvalue weighted by Crippen LogP contribution is 2.32. The number of methoxy groups -OCH3 is 1. The Balaban J connectivity index is 2.29. The number of nitrogens with zero attached hydrogens (tertiary/aromatic N) is 1. The first kappa shape index (κ1) is 22.7. The van der Waals surface area contributed by atoms with Crippen LogP contribution in [0.2, 0.25) is 0 Å². The summed E-state index contributed by atoms with van der Waals surface area (Å²) in [6.45, 7) is 8.13. The Morgan fingerprint density at radius 1 is 1.10 bits per heavy atom. The van der Waals surface area contributed by atoms with Crippen LogP contribution in [0.25, 0.3) is 0 Å². The lowest BCUT2D eigenvalue weighted by molar-refractivity contribution is 0.0940. The van der Waals surface area contributed by atoms with Crippen LogP contribution in [0.3, 0.4) is 0 Å². The van der Waals surface area contributed by atoms with Crippen molar-refractivity contribution in [2.24, 2.45) is 0 Å². The summed E-state index contributed by atoms with van der Waals surface area (Å²) >= 11 is 0. The van der Waals surface area contributed by atoms with Crippen molar-refractivity contribution in [3.8, 4) is 5.75 Å². The van der Waals surface area contributed by atoms with Crippen LogP contribution >= 0.6 is 0 Å². The van der Waals surface area contributed by atoms with Crippen LogP contribution in [0, 0.1) is 6.92 Å². The molecule has 2 aromatic carbocycles. The predicted octanol–water partition coefficient (Wildman–Crippen LogP) is 4.01. The molecule has 0 heterocycles. The fourth-order valence-electron chi connectivity index (χ4n) is 3.20. The van der Waals surface area contributed by atoms with Crippen molar-refractivity contribution in [1.29, 1.82) is 0 Å². The summed E-state index contributed by atoms with van der Waals surface area (Å²) in [5, 5.41) is 3.01. The van der Waals surface area contributed by atoms with Gasteiger partial charge >= 0.3 is 0 Å². The molecule has 7 heteroatoms. The number of hydrogen-bond acceptors (Lipinski definition) is 4. The van der Waals surface area contributed by atoms with Crippen LogP contribution in [0.15, 0.2) is 36.4 Å². The molecule has 0 aliphatic heterocycles. The maximum absolute atomic E-state index is 12.8. The largest absolute Gasteiger partial charge is 0.496 e. The van der Waals surface area contributed by atoms with Gasteiger partial charge in [-0.05, 0) is 66.8 Å². The highest BCUT2D eigenvalue weighted by atomic mass is 32.2. The van der Waals surface area contributed by atoms with E-state index in [1.165, 1.54) is 7.05 Å². The Bertz CT molecular complexity index is 1000. The van der Waals surface area contributed by atoms with Crippen molar-refractivity contribution in [1.82, 2.24) is 5.32 Å². The SMILES string of the molecule is COc1cc(C)c([C@H](C)NC(=O)c2cccc(N(C)S(C)(=O)=O)c2)cc1C(C)C. The molecular formula is C22H30N2O4S. The van der Waals surface area contributed by atoms with Crippen molar-refractivity contribution < 1.29 is 17.9 Å². The first-order valence-electron chi connectivity index (χ1n) is 9.49. The summed E-state index contributed by atoms with van der Waals surface area (Å²) in [4.78, 5) is 12.8. The van der Waals surface area contributed by atoms with Gasteiger partial charge in [-0.3, -0.25) is 9.10 Å². The van der Waals surface area contributed by atoms with Gasteiger partial charge in [0.15, 0.2) is 0 Å². The second-order valence-electron chi connectivity index (χ2n) is 7.58. The molecule has 0 radical (unpaired) electrons. The lowest BCUT2D eigenvalue weighted by Gasteiger charge is -2.21. The second-order valence-corrected chi connectivity index (χ2v) is 9.60. The molecule has 0 unspecified atom stereocenters. The first-order valence-corrected chi connectivity index (χ1v) is 11.3. The number of carbonyl (C=O) groups excluding carboxylic acids is 1. The molecule has 0 spiro atoms. The fraction of sp³-hybridized carbons (Fsp3) is 0.409. The van der Waals surface area contributed by atoms with E-state index in [9.17, 15) is 13.2 Å². The molecule has 0 fully saturated rings. The van der Waals surface area contributed by atoms with E-state index < -0.39 is 10.0 Å². The van der Waals surface area contributed by atoms with Gasteiger partial charge in [-0.1, -0.05) is 19.9 Å². The molecule has 0 saturated carbocycles. The zero-order chi connectivity index (χ0) is 21.9. The van der Waals surface area contributed by atoms with Crippen molar-refractivity contribution >= 4 is 21.6 Å². The van der Waals surface area contributed by atoms with Crippen LogP contribution in [0.5, 0.6) is 5.75 Å². The smallest absolute Gasteiger partial charge is 0.251 e. The summed E-state index contributed by atoms with van der Waals surface area (Å²) < 4.78 is 30.2. The maximum Gasteiger partial charge on any atom is 0.251 e. The highest BCUT2D eigenvalue weighted by molar-refractivity contribution is 7.92. The van der Waals surface area contributed by atoms with E-state index in [1.54, 1.807) is 31.4 Å². The lowest BCUT2D eigenvalue weighted by atomic mass is 9.93. The standard InChI is InChI=1S/C22H30N2O4S/c1-14(2)19-13-20(15(3)11-21(19)28-6)16(4)23-22(25)17-9-8-10-18(12-17)24(5)29(7,26)27/h8-14,16H,1-7H3,(H,23,25)/t16-/m0/s1. The minimum atomic E-state index is -3.40. The second kappa shape index (κ2) is 8.86. The molecule has 158 valence electrons. The highest BCUT2D eigenvalue weighted by Gasteiger charge is 2.19. The minimum Gasteiger partial charge on any atom is -0.496 e. The number of sulfonamides is 1. The number of anilines is 1. The normalized spacial score (nSPS) is 12.6. The molecule has 0 aromatic heterocycles. The van der Waals surface area contributed by atoms with Crippen molar-refractivity contribution in [2.75, 3.05) is 24.7 Å². The van der Waals surface area contributed by atoms with Gasteiger partial charge in [-0.2, -0.15) is 0 Å². The average molecular weight is 419 g/mol. The van der Waals surface area contributed by atoms with Crippen LogP contribution in [0.1, 0.15) is 59.8 Å². The fourth-order valence-corrected chi connectivity index (χ4v) is 3.70. The zero-order valence-electron chi connectivity index (χ0n) is 18.1. The molecule has 0 aliphatic rings. The number of ether oxygens (including phenoxy) is 1. The van der Waals surface area contributed by atoms with Crippen LogP contribution in [0.4, 0.5) is 5.69 Å². The quantitative estimate of drug-likeness (QED) is 0.737. The summed E-state index contributed by atoms with van der Waals surface area (Å²) in [6.07, 6.45) is 1.13. The van der Waals surface area contributed by atoms with Gasteiger partial charge in [0, 0.05) is 12.6 Å². The predicted molar refractivity (Wildman–Crippen MR) is 117 cm³/mol. The van der Waals surface area contributed by atoms with Gasteiger partial charge in [0.2, 0.25) is 10.0 Å². The molecule has 6 nitrogen and oxygen atoms in total. The summed E-state index contributed by atoms with van der Waals surface area (Å²) in [7, 11) is -0.280. The molecule has 29 heavy (non-hydrogen) atoms. The van der Waals surface area contributed by atoms with Crippen molar-refractivity contribution in [2.45, 2.75) is 39.7 Å². The van der Waals surface area contributed by atoms with Gasteiger partial charge < -0.3 is 10.1 Å². The monoisotopic (exact) mass is 418 g/mol. The molecule has 1 N–H and O–H groups in total. The number of amides is 1. The van der Waals surface area contributed by atoms with Crippen molar-refractivity contribution in [3.05, 3.63) is 58.7 Å². The van der Waals surface area contributed by atoms with E-state index in [0.29, 0.717) is 11.3 Å². The van der Waals surface area contributed by atoms with Crippen LogP contribution < -0.4 is 14.4 Å². The van der Waals surface area contributed by atoms with E-state index in [4.69, 9.17) is 4.74 Å². The Kier molecular flexibility index (Phi) is 6.95. The average Bonchev–Trinajstić information content (AvgIpc) is 2.65. The third kappa shape index (κ3) is 5.29. The summed E-state index contributed by atoms with van der Waals surface area (Å²) in [5.41, 5.74) is 3.98. The number of benzene rings is 2. The molecule has 1 amide bonds. The van der Waals surface area contributed by atoms with E-state index >= 15 is 0 Å². The number of carbonyl (C=O) groups is 1. The Morgan fingerprint density at radius 3 is 2.31 bits per heavy atom. The van der Waals surface area contributed by atoms with Gasteiger partial charge in [0.25, 0.3) is 5.91 Å². The van der Waals surface area contributed by atoms with Crippen molar-refractivity contribution in [3.63, 3.8) is 0 Å². The molecule has 0 bridgehead atoms. The third-order valence-corrected chi connectivity index (χ3v) is 6.23. The molecular weight excluding hydrogens is 388 g/mol. The topological polar surface area (TPSA) is 75.7 Å². The summed E-state index contributed by atoms with van der Waals surface area (Å²) in [6, 6.07) is 10.4. The number of nitrogens with one attached hydrogen (secondary N) is 1.